The molecule has 3 N–H and O–H groups in total. The topological polar surface area (TPSA) is 85.5 Å². The van der Waals surface area contributed by atoms with E-state index in [0.717, 1.165) is 36.3 Å². The Morgan fingerprint density at radius 3 is 2.52 bits per heavy atom. The zero-order chi connectivity index (χ0) is 23.8. The molecule has 7 nitrogen and oxygen atoms in total. The first-order valence-corrected chi connectivity index (χ1v) is 10.6. The Bertz CT molecular complexity index is 1160. The fourth-order valence-electron chi connectivity index (χ4n) is 3.96. The van der Waals surface area contributed by atoms with Crippen molar-refractivity contribution in [1.29, 1.82) is 0 Å². The van der Waals surface area contributed by atoms with Crippen molar-refractivity contribution in [2.24, 2.45) is 0 Å². The molecule has 0 unspecified atom stereocenters. The van der Waals surface area contributed by atoms with Crippen LogP contribution in [-0.2, 0) is 10.9 Å². The van der Waals surface area contributed by atoms with E-state index in [0.29, 0.717) is 41.7 Å². The van der Waals surface area contributed by atoms with Crippen molar-refractivity contribution in [2.75, 3.05) is 49.4 Å². The summed E-state index contributed by atoms with van der Waals surface area (Å²) in [5.41, 5.74) is 7.00. The number of nitrogens with zero attached hydrogens (tertiary/aromatic N) is 3. The number of nitrogens with two attached hydrogens (primary N) is 1. The molecule has 3 aromatic rings. The van der Waals surface area contributed by atoms with Crippen LogP contribution in [0, 0.1) is 6.92 Å². The maximum Gasteiger partial charge on any atom is 0.416 e. The molecule has 2 heterocycles. The van der Waals surface area contributed by atoms with Crippen LogP contribution in [0.4, 0.5) is 30.4 Å². The van der Waals surface area contributed by atoms with E-state index in [2.05, 4.69) is 20.2 Å². The number of morpholine rings is 1. The molecule has 176 valence electrons. The Morgan fingerprint density at radius 1 is 1.12 bits per heavy atom. The van der Waals surface area contributed by atoms with Crippen LogP contribution >= 0.6 is 0 Å². The number of methoxy groups -OCH3 is 1. The minimum Gasteiger partial charge on any atom is -0.495 e. The van der Waals surface area contributed by atoms with E-state index in [4.69, 9.17) is 15.2 Å². The SMILES string of the molecule is COc1cc2nc(C)nc(N[C@H](C)c3cc(N)cc(C(F)(F)F)c3)c2cc1N1CCOCC1. The van der Waals surface area contributed by atoms with E-state index in [9.17, 15) is 13.2 Å². The lowest BCUT2D eigenvalue weighted by Crippen LogP contribution is -2.36. The second-order valence-electron chi connectivity index (χ2n) is 8.01. The van der Waals surface area contributed by atoms with Gasteiger partial charge in [-0.15, -0.1) is 0 Å². The Kier molecular flexibility index (Phi) is 6.20. The van der Waals surface area contributed by atoms with Crippen molar-refractivity contribution >= 4 is 28.1 Å². The van der Waals surface area contributed by atoms with Gasteiger partial charge in [-0.2, -0.15) is 13.2 Å². The summed E-state index contributed by atoms with van der Waals surface area (Å²) in [5, 5.41) is 4.00. The molecule has 33 heavy (non-hydrogen) atoms. The molecule has 1 atom stereocenters. The van der Waals surface area contributed by atoms with E-state index in [-0.39, 0.29) is 5.69 Å². The standard InChI is InChI=1S/C23H26F3N5O2/c1-13(15-8-16(23(24,25)26)10-17(27)9-15)28-22-18-11-20(31-4-6-33-7-5-31)21(32-3)12-19(18)29-14(2)30-22/h8-13H,4-7,27H2,1-3H3,(H,28,29,30)/t13-/m1/s1. The number of nitrogens with one attached hydrogen (secondary N) is 1. The second-order valence-corrected chi connectivity index (χ2v) is 8.01. The fraction of sp³-hybridized carbons (Fsp3) is 0.391. The lowest BCUT2D eigenvalue weighted by atomic mass is 10.0. The average Bonchev–Trinajstić information content (AvgIpc) is 2.77. The maximum atomic E-state index is 13.3. The molecule has 0 saturated carbocycles. The highest BCUT2D eigenvalue weighted by Crippen LogP contribution is 2.37. The summed E-state index contributed by atoms with van der Waals surface area (Å²) in [4.78, 5) is 11.2. The third-order valence-electron chi connectivity index (χ3n) is 5.62. The van der Waals surface area contributed by atoms with Crippen LogP contribution in [0.15, 0.2) is 30.3 Å². The van der Waals surface area contributed by atoms with E-state index in [1.807, 2.05) is 12.1 Å². The number of aryl methyl sites for hydroxylation is 1. The van der Waals surface area contributed by atoms with Crippen LogP contribution in [0.5, 0.6) is 5.75 Å². The molecule has 1 aliphatic rings. The van der Waals surface area contributed by atoms with Crippen LogP contribution in [0.3, 0.4) is 0 Å². The van der Waals surface area contributed by atoms with Gasteiger partial charge in [-0.1, -0.05) is 0 Å². The molecule has 4 rings (SSSR count). The van der Waals surface area contributed by atoms with E-state index in [1.165, 1.54) is 6.07 Å². The molecule has 1 fully saturated rings. The largest absolute Gasteiger partial charge is 0.495 e. The number of aromatic nitrogens is 2. The summed E-state index contributed by atoms with van der Waals surface area (Å²) in [7, 11) is 1.61. The van der Waals surface area contributed by atoms with E-state index >= 15 is 0 Å². The van der Waals surface area contributed by atoms with Gasteiger partial charge in [0.15, 0.2) is 0 Å². The van der Waals surface area contributed by atoms with Crippen molar-refractivity contribution in [3.05, 3.63) is 47.3 Å². The predicted molar refractivity (Wildman–Crippen MR) is 122 cm³/mol. The lowest BCUT2D eigenvalue weighted by molar-refractivity contribution is -0.137. The lowest BCUT2D eigenvalue weighted by Gasteiger charge is -2.30. The highest BCUT2D eigenvalue weighted by Gasteiger charge is 2.31. The molecular formula is C23H26F3N5O2. The average molecular weight is 461 g/mol. The molecule has 1 aliphatic heterocycles. The fourth-order valence-corrected chi connectivity index (χ4v) is 3.96. The Hall–Kier alpha value is -3.27. The second kappa shape index (κ2) is 8.93. The number of anilines is 3. The monoisotopic (exact) mass is 461 g/mol. The van der Waals surface area contributed by atoms with Crippen LogP contribution < -0.4 is 20.7 Å². The number of fused-ring (bicyclic) bond motifs is 1. The summed E-state index contributed by atoms with van der Waals surface area (Å²) in [6.07, 6.45) is -4.48. The van der Waals surface area contributed by atoms with E-state index < -0.39 is 17.8 Å². The van der Waals surface area contributed by atoms with Gasteiger partial charge in [-0.25, -0.2) is 9.97 Å². The first kappa shape index (κ1) is 22.9. The number of hydrogen-bond donors (Lipinski definition) is 2. The summed E-state index contributed by atoms with van der Waals surface area (Å²) in [6.45, 7) is 6.20. The Balaban J connectivity index is 1.75. The van der Waals surface area contributed by atoms with Crippen molar-refractivity contribution in [2.45, 2.75) is 26.1 Å². The van der Waals surface area contributed by atoms with Gasteiger partial charge in [0.1, 0.15) is 17.4 Å². The van der Waals surface area contributed by atoms with E-state index in [1.54, 1.807) is 21.0 Å². The molecule has 0 bridgehead atoms. The molecule has 1 aromatic heterocycles. The van der Waals surface area contributed by atoms with Gasteiger partial charge >= 0.3 is 6.18 Å². The summed E-state index contributed by atoms with van der Waals surface area (Å²) >= 11 is 0. The highest BCUT2D eigenvalue weighted by molar-refractivity contribution is 5.94. The maximum absolute atomic E-state index is 13.3. The van der Waals surface area contributed by atoms with Crippen molar-refractivity contribution in [1.82, 2.24) is 9.97 Å². The number of ether oxygens (including phenoxy) is 2. The molecule has 10 heteroatoms. The molecule has 0 amide bonds. The number of hydrogen-bond acceptors (Lipinski definition) is 7. The summed E-state index contributed by atoms with van der Waals surface area (Å²) in [5.74, 6) is 1.74. The molecular weight excluding hydrogens is 435 g/mol. The number of halogens is 3. The van der Waals surface area contributed by atoms with Gasteiger partial charge in [0, 0.05) is 30.2 Å². The third kappa shape index (κ3) is 4.90. The van der Waals surface area contributed by atoms with Gasteiger partial charge in [0.25, 0.3) is 0 Å². The molecule has 0 aliphatic carbocycles. The summed E-state index contributed by atoms with van der Waals surface area (Å²) < 4.78 is 50.9. The minimum atomic E-state index is -4.48. The quantitative estimate of drug-likeness (QED) is 0.539. The van der Waals surface area contributed by atoms with Crippen molar-refractivity contribution < 1.29 is 22.6 Å². The first-order chi connectivity index (χ1) is 15.7. The third-order valence-corrected chi connectivity index (χ3v) is 5.62. The van der Waals surface area contributed by atoms with Crippen molar-refractivity contribution in [3.63, 3.8) is 0 Å². The van der Waals surface area contributed by atoms with Gasteiger partial charge in [-0.05, 0) is 43.7 Å². The zero-order valence-electron chi connectivity index (χ0n) is 18.7. The van der Waals surface area contributed by atoms with Crippen LogP contribution in [0.2, 0.25) is 0 Å². The van der Waals surface area contributed by atoms with Crippen LogP contribution in [-0.4, -0.2) is 43.4 Å². The molecule has 1 saturated heterocycles. The molecule has 0 radical (unpaired) electrons. The molecule has 0 spiro atoms. The van der Waals surface area contributed by atoms with Crippen LogP contribution in [0.1, 0.15) is 29.9 Å². The number of benzene rings is 2. The molecule has 2 aromatic carbocycles. The first-order valence-electron chi connectivity index (χ1n) is 10.6. The van der Waals surface area contributed by atoms with Gasteiger partial charge in [0.05, 0.1) is 43.1 Å². The van der Waals surface area contributed by atoms with Crippen molar-refractivity contribution in [3.8, 4) is 5.75 Å². The predicted octanol–water partition coefficient (Wildman–Crippen LogP) is 4.56. The normalized spacial score (nSPS) is 15.5. The summed E-state index contributed by atoms with van der Waals surface area (Å²) in [6, 6.07) is 6.89. The van der Waals surface area contributed by atoms with Gasteiger partial charge < -0.3 is 25.4 Å². The highest BCUT2D eigenvalue weighted by atomic mass is 19.4. The van der Waals surface area contributed by atoms with Gasteiger partial charge in [0.2, 0.25) is 0 Å². The number of alkyl halides is 3. The minimum absolute atomic E-state index is 0.0524. The number of rotatable bonds is 5. The Labute approximate surface area is 189 Å². The van der Waals surface area contributed by atoms with Crippen LogP contribution in [0.25, 0.3) is 10.9 Å². The number of nitrogen functional groups attached to an aromatic ring is 1. The zero-order valence-corrected chi connectivity index (χ0v) is 18.7. The smallest absolute Gasteiger partial charge is 0.416 e. The Morgan fingerprint density at radius 2 is 1.85 bits per heavy atom. The van der Waals surface area contributed by atoms with Gasteiger partial charge in [-0.3, -0.25) is 0 Å².